The maximum atomic E-state index is 12.8. The van der Waals surface area contributed by atoms with Gasteiger partial charge in [-0.15, -0.1) is 0 Å². The van der Waals surface area contributed by atoms with Gasteiger partial charge in [0.25, 0.3) is 5.91 Å². The number of aryl methyl sites for hydroxylation is 1. The number of hydrogen-bond acceptors (Lipinski definition) is 2. The van der Waals surface area contributed by atoms with Crippen LogP contribution in [0.4, 0.5) is 0 Å². The molecule has 3 nitrogen and oxygen atoms in total. The van der Waals surface area contributed by atoms with Gasteiger partial charge in [0, 0.05) is 17.7 Å². The molecule has 3 heteroatoms. The number of Topliss-reactive ketones (excluding diaryl/α,β-unsaturated/α-hetero) is 1. The van der Waals surface area contributed by atoms with E-state index in [9.17, 15) is 9.59 Å². The fourth-order valence-corrected chi connectivity index (χ4v) is 3.04. The van der Waals surface area contributed by atoms with Crippen LogP contribution in [0, 0.1) is 6.92 Å². The van der Waals surface area contributed by atoms with E-state index in [1.807, 2.05) is 61.5 Å². The van der Waals surface area contributed by atoms with Crippen molar-refractivity contribution >= 4 is 11.7 Å². The Kier molecular flexibility index (Phi) is 4.05. The van der Waals surface area contributed by atoms with Crippen LogP contribution in [0.1, 0.15) is 39.1 Å². The topological polar surface area (TPSA) is 37.4 Å². The SMILES string of the molecule is Cc1ccccc1C(=O)N1CCCC1C(=O)c1ccccc1. The number of carbonyl (C=O) groups is 2. The summed E-state index contributed by atoms with van der Waals surface area (Å²) in [5.74, 6) is 0.00455. The molecule has 1 atom stereocenters. The molecule has 0 N–H and O–H groups in total. The number of nitrogens with zero attached hydrogens (tertiary/aromatic N) is 1. The third-order valence-corrected chi connectivity index (χ3v) is 4.25. The van der Waals surface area contributed by atoms with Crippen LogP contribution in [0.5, 0.6) is 0 Å². The summed E-state index contributed by atoms with van der Waals surface area (Å²) in [6.07, 6.45) is 1.62. The third-order valence-electron chi connectivity index (χ3n) is 4.25. The molecule has 1 heterocycles. The van der Waals surface area contributed by atoms with Gasteiger partial charge in [0.05, 0.1) is 6.04 Å². The predicted octanol–water partition coefficient (Wildman–Crippen LogP) is 3.48. The van der Waals surface area contributed by atoms with Crippen molar-refractivity contribution in [2.24, 2.45) is 0 Å². The highest BCUT2D eigenvalue weighted by molar-refractivity contribution is 6.05. The molecular formula is C19H19NO2. The first kappa shape index (κ1) is 14.5. The molecule has 112 valence electrons. The summed E-state index contributed by atoms with van der Waals surface area (Å²) >= 11 is 0. The molecule has 3 rings (SSSR count). The van der Waals surface area contributed by atoms with Crippen molar-refractivity contribution in [1.82, 2.24) is 4.90 Å². The number of rotatable bonds is 3. The van der Waals surface area contributed by atoms with Crippen LogP contribution >= 0.6 is 0 Å². The van der Waals surface area contributed by atoms with E-state index in [0.29, 0.717) is 17.7 Å². The molecule has 0 bridgehead atoms. The Morgan fingerprint density at radius 3 is 2.41 bits per heavy atom. The molecule has 2 aromatic carbocycles. The lowest BCUT2D eigenvalue weighted by Crippen LogP contribution is -2.40. The van der Waals surface area contributed by atoms with Crippen molar-refractivity contribution in [2.45, 2.75) is 25.8 Å². The molecule has 0 saturated carbocycles. The zero-order valence-electron chi connectivity index (χ0n) is 12.7. The van der Waals surface area contributed by atoms with Gasteiger partial charge < -0.3 is 4.90 Å². The Morgan fingerprint density at radius 2 is 1.68 bits per heavy atom. The zero-order chi connectivity index (χ0) is 15.5. The molecule has 1 aliphatic heterocycles. The summed E-state index contributed by atoms with van der Waals surface area (Å²) in [6.45, 7) is 2.58. The van der Waals surface area contributed by atoms with E-state index >= 15 is 0 Å². The van der Waals surface area contributed by atoms with Gasteiger partial charge in [-0.3, -0.25) is 9.59 Å². The Labute approximate surface area is 130 Å². The van der Waals surface area contributed by atoms with Gasteiger partial charge in [0.2, 0.25) is 0 Å². The minimum absolute atomic E-state index is 0.0371. The highest BCUT2D eigenvalue weighted by Gasteiger charge is 2.35. The number of benzene rings is 2. The average molecular weight is 293 g/mol. The monoisotopic (exact) mass is 293 g/mol. The molecule has 0 spiro atoms. The molecular weight excluding hydrogens is 274 g/mol. The maximum Gasteiger partial charge on any atom is 0.254 e. The van der Waals surface area contributed by atoms with Crippen molar-refractivity contribution in [2.75, 3.05) is 6.54 Å². The van der Waals surface area contributed by atoms with Crippen LogP contribution in [0.3, 0.4) is 0 Å². The van der Waals surface area contributed by atoms with E-state index in [4.69, 9.17) is 0 Å². The summed E-state index contributed by atoms with van der Waals surface area (Å²) in [5, 5.41) is 0. The van der Waals surface area contributed by atoms with Crippen molar-refractivity contribution in [3.8, 4) is 0 Å². The van der Waals surface area contributed by atoms with Crippen LogP contribution in [0.2, 0.25) is 0 Å². The summed E-state index contributed by atoms with van der Waals surface area (Å²) in [6, 6.07) is 16.4. The van der Waals surface area contributed by atoms with Crippen molar-refractivity contribution in [1.29, 1.82) is 0 Å². The molecule has 1 saturated heterocycles. The predicted molar refractivity (Wildman–Crippen MR) is 86.0 cm³/mol. The summed E-state index contributed by atoms with van der Waals surface area (Å²) in [4.78, 5) is 27.2. The van der Waals surface area contributed by atoms with E-state index in [-0.39, 0.29) is 17.7 Å². The maximum absolute atomic E-state index is 12.8. The first-order valence-electron chi connectivity index (χ1n) is 7.64. The number of carbonyl (C=O) groups excluding carboxylic acids is 2. The smallest absolute Gasteiger partial charge is 0.254 e. The molecule has 1 amide bonds. The summed E-state index contributed by atoms with van der Waals surface area (Å²) < 4.78 is 0. The number of amides is 1. The molecule has 1 aliphatic rings. The first-order chi connectivity index (χ1) is 10.7. The quantitative estimate of drug-likeness (QED) is 0.812. The molecule has 0 aliphatic carbocycles. The Balaban J connectivity index is 1.86. The van der Waals surface area contributed by atoms with Gasteiger partial charge in [0.15, 0.2) is 5.78 Å². The largest absolute Gasteiger partial charge is 0.328 e. The van der Waals surface area contributed by atoms with Gasteiger partial charge in [0.1, 0.15) is 0 Å². The number of likely N-dealkylation sites (tertiary alicyclic amines) is 1. The van der Waals surface area contributed by atoms with Crippen molar-refractivity contribution in [3.05, 3.63) is 71.3 Å². The molecule has 22 heavy (non-hydrogen) atoms. The fourth-order valence-electron chi connectivity index (χ4n) is 3.04. The van der Waals surface area contributed by atoms with Gasteiger partial charge in [-0.1, -0.05) is 48.5 Å². The second-order valence-corrected chi connectivity index (χ2v) is 5.70. The normalized spacial score (nSPS) is 17.5. The Hall–Kier alpha value is -2.42. The zero-order valence-corrected chi connectivity index (χ0v) is 12.7. The van der Waals surface area contributed by atoms with E-state index in [1.54, 1.807) is 4.90 Å². The van der Waals surface area contributed by atoms with Gasteiger partial charge in [-0.2, -0.15) is 0 Å². The van der Waals surface area contributed by atoms with Gasteiger partial charge >= 0.3 is 0 Å². The summed E-state index contributed by atoms with van der Waals surface area (Å²) in [7, 11) is 0. The lowest BCUT2D eigenvalue weighted by Gasteiger charge is -2.24. The first-order valence-corrected chi connectivity index (χ1v) is 7.64. The Morgan fingerprint density at radius 1 is 1.00 bits per heavy atom. The molecule has 1 fully saturated rings. The van der Waals surface area contributed by atoms with Crippen molar-refractivity contribution in [3.63, 3.8) is 0 Å². The average Bonchev–Trinajstić information content (AvgIpc) is 3.04. The highest BCUT2D eigenvalue weighted by atomic mass is 16.2. The summed E-state index contributed by atoms with van der Waals surface area (Å²) in [5.41, 5.74) is 2.32. The molecule has 0 radical (unpaired) electrons. The lowest BCUT2D eigenvalue weighted by molar-refractivity contribution is 0.0671. The van der Waals surface area contributed by atoms with Gasteiger partial charge in [-0.05, 0) is 31.4 Å². The Bertz CT molecular complexity index is 694. The van der Waals surface area contributed by atoms with Crippen LogP contribution in [-0.2, 0) is 0 Å². The van der Waals surface area contributed by atoms with Gasteiger partial charge in [-0.25, -0.2) is 0 Å². The fraction of sp³-hybridized carbons (Fsp3) is 0.263. The number of ketones is 1. The van der Waals surface area contributed by atoms with Crippen LogP contribution in [0.25, 0.3) is 0 Å². The van der Waals surface area contributed by atoms with E-state index < -0.39 is 0 Å². The van der Waals surface area contributed by atoms with Crippen molar-refractivity contribution < 1.29 is 9.59 Å². The standard InChI is InChI=1S/C19H19NO2/c1-14-8-5-6-11-16(14)19(22)20-13-7-12-17(20)18(21)15-9-3-2-4-10-15/h2-6,8-11,17H,7,12-13H2,1H3. The van der Waals surface area contributed by atoms with E-state index in [2.05, 4.69) is 0 Å². The van der Waals surface area contributed by atoms with Crippen LogP contribution in [-0.4, -0.2) is 29.2 Å². The lowest BCUT2D eigenvalue weighted by atomic mass is 10.0. The van der Waals surface area contributed by atoms with Crippen LogP contribution in [0.15, 0.2) is 54.6 Å². The second-order valence-electron chi connectivity index (χ2n) is 5.70. The van der Waals surface area contributed by atoms with E-state index in [1.165, 1.54) is 0 Å². The molecule has 1 unspecified atom stereocenters. The second kappa shape index (κ2) is 6.14. The van der Waals surface area contributed by atoms with E-state index in [0.717, 1.165) is 18.4 Å². The highest BCUT2D eigenvalue weighted by Crippen LogP contribution is 2.24. The third kappa shape index (κ3) is 2.67. The minimum atomic E-state index is -0.338. The molecule has 2 aromatic rings. The molecule has 0 aromatic heterocycles. The number of hydrogen-bond donors (Lipinski definition) is 0. The van der Waals surface area contributed by atoms with Crippen LogP contribution < -0.4 is 0 Å². The minimum Gasteiger partial charge on any atom is -0.328 e.